The molecule has 1 N–H and O–H groups in total. The van der Waals surface area contributed by atoms with Gasteiger partial charge in [0.25, 0.3) is 0 Å². The molecule has 0 unspecified atom stereocenters. The number of hydrogen-bond donors (Lipinski definition) is 1. The van der Waals surface area contributed by atoms with Gasteiger partial charge in [0.1, 0.15) is 6.54 Å². The van der Waals surface area contributed by atoms with E-state index in [1.807, 2.05) is 30.3 Å². The summed E-state index contributed by atoms with van der Waals surface area (Å²) in [5.41, 5.74) is 1.29. The Kier molecular flexibility index (Phi) is 5.27. The van der Waals surface area contributed by atoms with E-state index in [0.29, 0.717) is 23.4 Å². The van der Waals surface area contributed by atoms with Crippen molar-refractivity contribution in [3.05, 3.63) is 35.2 Å². The lowest BCUT2D eigenvalue weighted by molar-refractivity contribution is -0.142. The number of hydrogen-bond acceptors (Lipinski definition) is 6. The Balaban J connectivity index is 1.50. The quantitative estimate of drug-likeness (QED) is 0.602. The molecule has 29 heavy (non-hydrogen) atoms. The van der Waals surface area contributed by atoms with Crippen molar-refractivity contribution in [2.24, 2.45) is 11.8 Å². The van der Waals surface area contributed by atoms with E-state index in [9.17, 15) is 19.2 Å². The second kappa shape index (κ2) is 7.87. The molecule has 150 valence electrons. The number of carbonyl (C=O) groups is 4. The molecule has 1 aromatic heterocycles. The lowest BCUT2D eigenvalue weighted by Crippen LogP contribution is -2.38. The van der Waals surface area contributed by atoms with Gasteiger partial charge >= 0.3 is 0 Å². The molecule has 0 spiro atoms. The van der Waals surface area contributed by atoms with Crippen molar-refractivity contribution in [2.75, 3.05) is 11.9 Å². The fraction of sp³-hybridized carbons (Fsp3) is 0.381. The molecule has 2 aliphatic rings. The molecule has 1 aromatic carbocycles. The average Bonchev–Trinajstić information content (AvgIpc) is 3.24. The number of ketones is 1. The van der Waals surface area contributed by atoms with Crippen LogP contribution in [-0.4, -0.2) is 39.9 Å². The molecule has 8 heteroatoms. The molecule has 1 saturated carbocycles. The Morgan fingerprint density at radius 1 is 1.10 bits per heavy atom. The minimum atomic E-state index is -0.492. The minimum Gasteiger partial charge on any atom is -0.300 e. The van der Waals surface area contributed by atoms with Crippen LogP contribution in [0.4, 0.5) is 5.13 Å². The van der Waals surface area contributed by atoms with Gasteiger partial charge in [0.2, 0.25) is 17.7 Å². The Morgan fingerprint density at radius 3 is 2.31 bits per heavy atom. The van der Waals surface area contributed by atoms with Crippen LogP contribution in [0.1, 0.15) is 42.3 Å². The molecule has 1 aliphatic carbocycles. The smallest absolute Gasteiger partial charge is 0.246 e. The third-order valence-corrected chi connectivity index (χ3v) is 6.55. The van der Waals surface area contributed by atoms with Gasteiger partial charge in [-0.15, -0.1) is 0 Å². The van der Waals surface area contributed by atoms with Gasteiger partial charge in [-0.25, -0.2) is 4.98 Å². The molecule has 2 heterocycles. The van der Waals surface area contributed by atoms with Crippen molar-refractivity contribution in [1.82, 2.24) is 9.88 Å². The summed E-state index contributed by atoms with van der Waals surface area (Å²) in [7, 11) is 0. The lowest BCUT2D eigenvalue weighted by Gasteiger charge is -2.19. The minimum absolute atomic E-state index is 0.143. The van der Waals surface area contributed by atoms with Gasteiger partial charge in [0.05, 0.1) is 22.4 Å². The van der Waals surface area contributed by atoms with Crippen LogP contribution >= 0.6 is 11.3 Å². The second-order valence-electron chi connectivity index (χ2n) is 7.43. The summed E-state index contributed by atoms with van der Waals surface area (Å²) in [6.45, 7) is 1.13. The highest BCUT2D eigenvalue weighted by molar-refractivity contribution is 7.18. The Hall–Kier alpha value is -2.87. The zero-order chi connectivity index (χ0) is 20.5. The predicted molar refractivity (Wildman–Crippen MR) is 108 cm³/mol. The number of Topliss-reactive ketones (excluding diaryl/α,β-unsaturated/α-hetero) is 1. The number of rotatable bonds is 5. The summed E-state index contributed by atoms with van der Waals surface area (Å²) in [6.07, 6.45) is 3.30. The second-order valence-corrected chi connectivity index (χ2v) is 8.43. The van der Waals surface area contributed by atoms with Crippen molar-refractivity contribution >= 4 is 40.0 Å². The summed E-state index contributed by atoms with van der Waals surface area (Å²) in [5.74, 6) is -1.69. The molecule has 0 bridgehead atoms. The van der Waals surface area contributed by atoms with Gasteiger partial charge in [-0.05, 0) is 12.8 Å². The third kappa shape index (κ3) is 3.72. The highest BCUT2D eigenvalue weighted by Gasteiger charge is 2.48. The molecule has 3 amide bonds. The van der Waals surface area contributed by atoms with Crippen LogP contribution < -0.4 is 5.32 Å². The van der Waals surface area contributed by atoms with Gasteiger partial charge in [-0.1, -0.05) is 54.5 Å². The summed E-state index contributed by atoms with van der Waals surface area (Å²) >= 11 is 1.09. The largest absolute Gasteiger partial charge is 0.300 e. The highest BCUT2D eigenvalue weighted by atomic mass is 32.1. The number of nitrogens with one attached hydrogen (secondary N) is 1. The SMILES string of the molecule is CC(=O)c1sc(NC(=O)CN2C(=O)[C@H]3CCCC[C@@H]3C2=O)nc1-c1ccccc1. The molecule has 2 fully saturated rings. The molecule has 2 aromatic rings. The number of benzene rings is 1. The van der Waals surface area contributed by atoms with Crippen LogP contribution in [-0.2, 0) is 14.4 Å². The zero-order valence-electron chi connectivity index (χ0n) is 16.0. The van der Waals surface area contributed by atoms with Crippen LogP contribution in [0.2, 0.25) is 0 Å². The van der Waals surface area contributed by atoms with E-state index < -0.39 is 5.91 Å². The van der Waals surface area contributed by atoms with Gasteiger partial charge in [0, 0.05) is 12.5 Å². The van der Waals surface area contributed by atoms with Crippen molar-refractivity contribution in [3.63, 3.8) is 0 Å². The number of fused-ring (bicyclic) bond motifs is 1. The highest BCUT2D eigenvalue weighted by Crippen LogP contribution is 2.38. The standard InChI is InChI=1S/C21H21N3O4S/c1-12(25)18-17(13-7-3-2-4-8-13)23-21(29-18)22-16(26)11-24-19(27)14-9-5-6-10-15(14)20(24)28/h2-4,7-8,14-15H,5-6,9-11H2,1H3,(H,22,23,26)/t14-,15-/m0/s1. The maximum Gasteiger partial charge on any atom is 0.246 e. The maximum atomic E-state index is 12.5. The molecule has 0 radical (unpaired) electrons. The van der Waals surface area contributed by atoms with Crippen LogP contribution in [0.3, 0.4) is 0 Å². The van der Waals surface area contributed by atoms with E-state index in [0.717, 1.165) is 34.6 Å². The van der Waals surface area contributed by atoms with E-state index in [-0.39, 0.29) is 41.1 Å². The third-order valence-electron chi connectivity index (χ3n) is 5.47. The van der Waals surface area contributed by atoms with Crippen molar-refractivity contribution in [1.29, 1.82) is 0 Å². The van der Waals surface area contributed by atoms with Gasteiger partial charge in [-0.3, -0.25) is 24.1 Å². The fourth-order valence-corrected chi connectivity index (χ4v) is 4.99. The summed E-state index contributed by atoms with van der Waals surface area (Å²) in [4.78, 5) is 55.5. The number of anilines is 1. The lowest BCUT2D eigenvalue weighted by atomic mass is 9.81. The number of nitrogens with zero attached hydrogens (tertiary/aromatic N) is 2. The number of carbonyl (C=O) groups excluding carboxylic acids is 4. The van der Waals surface area contributed by atoms with Crippen LogP contribution in [0.15, 0.2) is 30.3 Å². The van der Waals surface area contributed by atoms with E-state index in [1.54, 1.807) is 0 Å². The van der Waals surface area contributed by atoms with Gasteiger partial charge < -0.3 is 5.32 Å². The maximum absolute atomic E-state index is 12.5. The normalized spacial score (nSPS) is 21.2. The molecular formula is C21H21N3O4S. The van der Waals surface area contributed by atoms with E-state index in [2.05, 4.69) is 10.3 Å². The molecule has 1 aliphatic heterocycles. The van der Waals surface area contributed by atoms with Crippen molar-refractivity contribution in [2.45, 2.75) is 32.6 Å². The van der Waals surface area contributed by atoms with Crippen LogP contribution in [0.5, 0.6) is 0 Å². The predicted octanol–water partition coefficient (Wildman–Crippen LogP) is 3.13. The van der Waals surface area contributed by atoms with E-state index >= 15 is 0 Å². The molecule has 7 nitrogen and oxygen atoms in total. The zero-order valence-corrected chi connectivity index (χ0v) is 16.8. The van der Waals surface area contributed by atoms with E-state index in [1.165, 1.54) is 6.92 Å². The molecular weight excluding hydrogens is 390 g/mol. The number of likely N-dealkylation sites (tertiary alicyclic amines) is 1. The van der Waals surface area contributed by atoms with E-state index in [4.69, 9.17) is 0 Å². The molecule has 1 saturated heterocycles. The Labute approximate surface area is 172 Å². The summed E-state index contributed by atoms with van der Waals surface area (Å²) in [6, 6.07) is 9.25. The van der Waals surface area contributed by atoms with Gasteiger partial charge in [0.15, 0.2) is 10.9 Å². The first-order valence-electron chi connectivity index (χ1n) is 9.68. The first-order valence-corrected chi connectivity index (χ1v) is 10.5. The van der Waals surface area contributed by atoms with Crippen LogP contribution in [0, 0.1) is 11.8 Å². The van der Waals surface area contributed by atoms with Crippen molar-refractivity contribution < 1.29 is 19.2 Å². The Bertz CT molecular complexity index is 961. The Morgan fingerprint density at radius 2 is 1.72 bits per heavy atom. The topological polar surface area (TPSA) is 96.4 Å². The number of aromatic nitrogens is 1. The molecule has 2 atom stereocenters. The number of amides is 3. The molecule has 4 rings (SSSR count). The first kappa shape index (κ1) is 19.4. The monoisotopic (exact) mass is 411 g/mol. The number of imide groups is 1. The first-order chi connectivity index (χ1) is 14.0. The van der Waals surface area contributed by atoms with Gasteiger partial charge in [-0.2, -0.15) is 0 Å². The number of thiazole rings is 1. The fourth-order valence-electron chi connectivity index (χ4n) is 4.09. The summed E-state index contributed by atoms with van der Waals surface area (Å²) < 4.78 is 0. The summed E-state index contributed by atoms with van der Waals surface area (Å²) in [5, 5.41) is 2.92. The average molecular weight is 411 g/mol. The van der Waals surface area contributed by atoms with Crippen molar-refractivity contribution in [3.8, 4) is 11.3 Å². The van der Waals surface area contributed by atoms with Crippen LogP contribution in [0.25, 0.3) is 11.3 Å².